The predicted octanol–water partition coefficient (Wildman–Crippen LogP) is 11.9. The maximum atomic E-state index is 13.2. The molecule has 0 spiro atoms. The van der Waals surface area contributed by atoms with Crippen LogP contribution in [0.25, 0.3) is 11.3 Å². The third-order valence-corrected chi connectivity index (χ3v) is 9.94. The molecule has 0 amide bonds. The van der Waals surface area contributed by atoms with Gasteiger partial charge in [-0.1, -0.05) is 120 Å². The van der Waals surface area contributed by atoms with Crippen LogP contribution in [0.15, 0.2) is 206 Å². The van der Waals surface area contributed by atoms with Gasteiger partial charge in [-0.3, -0.25) is 14.7 Å². The van der Waals surface area contributed by atoms with E-state index in [2.05, 4.69) is 114 Å². The van der Waals surface area contributed by atoms with Crippen molar-refractivity contribution < 1.29 is 28.9 Å². The van der Waals surface area contributed by atoms with E-state index in [-0.39, 0.29) is 25.7 Å². The smallest absolute Gasteiger partial charge is 0.0408 e. The summed E-state index contributed by atoms with van der Waals surface area (Å²) in [4.78, 5) is 3.95. The van der Waals surface area contributed by atoms with E-state index in [9.17, 15) is 8.78 Å². The molecule has 0 aliphatic carbocycles. The van der Waals surface area contributed by atoms with E-state index in [1.165, 1.54) is 21.7 Å². The first-order chi connectivity index (χ1) is 27.6. The molecule has 1 heterocycles. The largest absolute Gasteiger partial charge is 0.366 e. The molecule has 1 aromatic heterocycles. The van der Waals surface area contributed by atoms with Crippen LogP contribution in [0.2, 0.25) is 0 Å². The molecule has 0 saturated carbocycles. The summed E-state index contributed by atoms with van der Waals surface area (Å²) in [6, 6.07) is 75.5. The van der Waals surface area contributed by atoms with Gasteiger partial charge in [-0.2, -0.15) is 108 Å². The molecule has 0 aliphatic heterocycles. The number of hydrogen-bond acceptors (Lipinski definition) is 1. The van der Waals surface area contributed by atoms with E-state index in [1.807, 2.05) is 91.0 Å². The number of aromatic nitrogens is 1. The van der Waals surface area contributed by atoms with Crippen molar-refractivity contribution in [1.29, 1.82) is 0 Å². The zero-order valence-electron chi connectivity index (χ0n) is 31.1. The second-order valence-electron chi connectivity index (χ2n) is 11.5. The molecule has 2 unspecified atom stereocenters. The van der Waals surface area contributed by atoms with E-state index in [1.54, 1.807) is 24.4 Å². The summed E-state index contributed by atoms with van der Waals surface area (Å²) in [6.45, 7) is 0. The van der Waals surface area contributed by atoms with Gasteiger partial charge in [-0.15, -0.1) is 29.8 Å². The number of halogens is 2. The van der Waals surface area contributed by atoms with E-state index in [0.29, 0.717) is 5.69 Å². The first-order valence-corrected chi connectivity index (χ1v) is 20.2. The molecule has 7 aromatic carbocycles. The Morgan fingerprint density at radius 3 is 1.42 bits per heavy atom. The topological polar surface area (TPSA) is 12.9 Å². The van der Waals surface area contributed by atoms with Gasteiger partial charge in [0.1, 0.15) is 0 Å². The van der Waals surface area contributed by atoms with Gasteiger partial charge in [0, 0.05) is 37.9 Å². The van der Waals surface area contributed by atoms with Crippen LogP contribution in [0.1, 0.15) is 16.7 Å². The van der Waals surface area contributed by atoms with Gasteiger partial charge in [-0.05, 0) is 34.7 Å². The average molecular weight is 959 g/mol. The second kappa shape index (κ2) is 28.9. The van der Waals surface area contributed by atoms with Gasteiger partial charge in [-0.25, -0.2) is 0 Å². The minimum atomic E-state index is -0.649. The summed E-state index contributed by atoms with van der Waals surface area (Å²) in [5.74, 6) is 0.991. The molecule has 8 aromatic rings. The minimum absolute atomic E-state index is 0. The Bertz CT molecular complexity index is 2080. The Labute approximate surface area is 354 Å². The fourth-order valence-corrected chi connectivity index (χ4v) is 6.70. The SMILES string of the molecule is Fc1c[c-]c(-c2ccccn2)c(F)c1.[C-]#Cc1ccccc1.[Ir].[c-]1c(CPc2ccccc2)cccc1CPc1ccccc1.[c-]1ccccc1.[c-]1ccccc1. The number of benzene rings is 7. The summed E-state index contributed by atoms with van der Waals surface area (Å²) in [5.41, 5.74) is 4.12. The number of rotatable bonds is 7. The molecule has 6 heteroatoms. The molecular formula is C51H40F2IrNP2-5. The normalized spacial score (nSPS) is 9.77. The van der Waals surface area contributed by atoms with E-state index < -0.39 is 11.6 Å². The average Bonchev–Trinajstić information content (AvgIpc) is 3.28. The quantitative estimate of drug-likeness (QED) is 0.0881. The van der Waals surface area contributed by atoms with Crippen LogP contribution in [0.4, 0.5) is 8.78 Å². The fraction of sp³-hybridized carbons (Fsp3) is 0.0392. The van der Waals surface area contributed by atoms with Gasteiger partial charge in [0.15, 0.2) is 0 Å². The minimum Gasteiger partial charge on any atom is -0.366 e. The fourth-order valence-electron chi connectivity index (χ4n) is 4.64. The monoisotopic (exact) mass is 959 g/mol. The van der Waals surface area contributed by atoms with Gasteiger partial charge in [0.05, 0.1) is 0 Å². The standard InChI is InChI=1S/C20H19P2.C11H6F2N.C8H5.2C6H5.Ir/c1-3-10-19(11-4-1)21-15-17-8-7-9-18(14-17)16-22-20-12-5-2-6-13-20;12-8-4-5-9(10(13)7-8)11-3-1-2-6-14-11;1-2-8-6-4-3-5-7-8;2*1-2-4-6-5-3-1;/h1-13,21-22H,15-16H2;1-4,6-7H;3-7H;2*1-5H;/q5*-1;. The Morgan fingerprint density at radius 2 is 1.04 bits per heavy atom. The number of pyridine rings is 1. The molecule has 287 valence electrons. The zero-order chi connectivity index (χ0) is 39.3. The van der Waals surface area contributed by atoms with E-state index in [4.69, 9.17) is 6.42 Å². The second-order valence-corrected chi connectivity index (χ2v) is 14.1. The molecule has 8 rings (SSSR count). The summed E-state index contributed by atoms with van der Waals surface area (Å²) in [5, 5.41) is 2.85. The first kappa shape index (κ1) is 46.0. The third kappa shape index (κ3) is 19.9. The van der Waals surface area contributed by atoms with Crippen molar-refractivity contribution in [1.82, 2.24) is 4.98 Å². The summed E-state index contributed by atoms with van der Waals surface area (Å²) in [7, 11) is 1.65. The van der Waals surface area contributed by atoms with Crippen molar-refractivity contribution in [3.63, 3.8) is 0 Å². The van der Waals surface area contributed by atoms with Crippen LogP contribution >= 0.6 is 17.2 Å². The van der Waals surface area contributed by atoms with Crippen molar-refractivity contribution in [2.24, 2.45) is 0 Å². The van der Waals surface area contributed by atoms with Gasteiger partial charge in [0.25, 0.3) is 0 Å². The van der Waals surface area contributed by atoms with Gasteiger partial charge in [0.2, 0.25) is 0 Å². The molecule has 2 atom stereocenters. The Hall–Kier alpha value is -5.38. The Morgan fingerprint density at radius 1 is 0.561 bits per heavy atom. The Balaban J connectivity index is 0.000000211. The van der Waals surface area contributed by atoms with Crippen molar-refractivity contribution in [2.75, 3.05) is 0 Å². The molecule has 57 heavy (non-hydrogen) atoms. The molecule has 0 fully saturated rings. The number of hydrogen-bond donors (Lipinski definition) is 0. The molecular weight excluding hydrogens is 919 g/mol. The maximum absolute atomic E-state index is 13.2. The van der Waals surface area contributed by atoms with Crippen molar-refractivity contribution in [2.45, 2.75) is 12.3 Å². The van der Waals surface area contributed by atoms with Crippen molar-refractivity contribution >= 4 is 27.8 Å². The molecule has 0 N–H and O–H groups in total. The van der Waals surface area contributed by atoms with Crippen LogP contribution in [0.3, 0.4) is 0 Å². The third-order valence-electron chi connectivity index (χ3n) is 7.34. The van der Waals surface area contributed by atoms with Crippen molar-refractivity contribution in [3.05, 3.63) is 265 Å². The summed E-state index contributed by atoms with van der Waals surface area (Å²) < 4.78 is 25.8. The summed E-state index contributed by atoms with van der Waals surface area (Å²) >= 11 is 0. The van der Waals surface area contributed by atoms with Crippen LogP contribution in [-0.2, 0) is 32.4 Å². The molecule has 0 bridgehead atoms. The zero-order valence-corrected chi connectivity index (χ0v) is 35.5. The van der Waals surface area contributed by atoms with Gasteiger partial charge >= 0.3 is 0 Å². The van der Waals surface area contributed by atoms with Crippen molar-refractivity contribution in [3.8, 4) is 17.2 Å². The summed E-state index contributed by atoms with van der Waals surface area (Å²) in [6.07, 6.45) is 10.4. The first-order valence-electron chi connectivity index (χ1n) is 17.8. The predicted molar refractivity (Wildman–Crippen MR) is 233 cm³/mol. The Kier molecular flexibility index (Phi) is 23.4. The van der Waals surface area contributed by atoms with E-state index >= 15 is 0 Å². The number of nitrogens with zero attached hydrogens (tertiary/aromatic N) is 1. The van der Waals surface area contributed by atoms with Gasteiger partial charge < -0.3 is 11.4 Å². The van der Waals surface area contributed by atoms with Crippen LogP contribution in [-0.4, -0.2) is 4.98 Å². The van der Waals surface area contributed by atoms with Crippen LogP contribution in [0.5, 0.6) is 0 Å². The van der Waals surface area contributed by atoms with Crippen LogP contribution in [0, 0.1) is 48.2 Å². The molecule has 1 nitrogen and oxygen atoms in total. The molecule has 0 aliphatic rings. The molecule has 0 saturated heterocycles. The molecule has 1 radical (unpaired) electrons. The maximum Gasteiger partial charge on any atom is 0.0408 e. The van der Waals surface area contributed by atoms with E-state index in [0.717, 1.165) is 47.2 Å². The van der Waals surface area contributed by atoms with Crippen LogP contribution < -0.4 is 10.6 Å².